The van der Waals surface area contributed by atoms with E-state index in [1.54, 1.807) is 18.2 Å². The van der Waals surface area contributed by atoms with E-state index < -0.39 is 0 Å². The minimum absolute atomic E-state index is 0.238. The second-order valence-corrected chi connectivity index (χ2v) is 4.73. The van der Waals surface area contributed by atoms with Crippen LogP contribution in [0.3, 0.4) is 0 Å². The number of benzene rings is 2. The van der Waals surface area contributed by atoms with Crippen LogP contribution in [0, 0.1) is 11.3 Å². The van der Waals surface area contributed by atoms with Gasteiger partial charge in [-0.1, -0.05) is 29.8 Å². The first-order valence-corrected chi connectivity index (χ1v) is 6.41. The van der Waals surface area contributed by atoms with E-state index in [4.69, 9.17) is 21.1 Å². The molecule has 0 atom stereocenters. The molecule has 2 aromatic rings. The summed E-state index contributed by atoms with van der Waals surface area (Å²) in [5, 5.41) is 9.91. The van der Waals surface area contributed by atoms with Crippen molar-refractivity contribution < 1.29 is 9.47 Å². The van der Waals surface area contributed by atoms with Gasteiger partial charge in [0.2, 0.25) is 6.79 Å². The fraction of sp³-hybridized carbons (Fsp3) is 0.0625. The molecule has 1 aliphatic rings. The van der Waals surface area contributed by atoms with Crippen molar-refractivity contribution in [2.45, 2.75) is 0 Å². The number of rotatable bonds is 2. The first-order chi connectivity index (χ1) is 9.76. The molecule has 3 nitrogen and oxygen atoms in total. The van der Waals surface area contributed by atoms with Crippen molar-refractivity contribution >= 4 is 23.3 Å². The Balaban J connectivity index is 1.99. The number of nitrogens with zero attached hydrogens (tertiary/aromatic N) is 1. The van der Waals surface area contributed by atoms with E-state index in [0.717, 1.165) is 16.9 Å². The Bertz CT molecular complexity index is 731. The molecular weight excluding hydrogens is 274 g/mol. The van der Waals surface area contributed by atoms with Gasteiger partial charge in [0.05, 0.1) is 11.6 Å². The highest BCUT2D eigenvalue weighted by atomic mass is 35.5. The van der Waals surface area contributed by atoms with Crippen LogP contribution in [0.25, 0.3) is 11.6 Å². The molecule has 0 fully saturated rings. The van der Waals surface area contributed by atoms with Crippen LogP contribution in [-0.4, -0.2) is 6.79 Å². The number of hydrogen-bond donors (Lipinski definition) is 0. The van der Waals surface area contributed by atoms with Crippen LogP contribution in [0.5, 0.6) is 11.5 Å². The highest BCUT2D eigenvalue weighted by Crippen LogP contribution is 2.33. The topological polar surface area (TPSA) is 42.2 Å². The van der Waals surface area contributed by atoms with Gasteiger partial charge in [0, 0.05) is 5.02 Å². The summed E-state index contributed by atoms with van der Waals surface area (Å²) in [6, 6.07) is 15.0. The zero-order valence-electron chi connectivity index (χ0n) is 10.5. The lowest BCUT2D eigenvalue weighted by Gasteiger charge is -2.02. The Morgan fingerprint density at radius 2 is 2.00 bits per heavy atom. The SMILES string of the molecule is N#C/C(=C\c1ccc2c(c1)OCO2)c1cccc(Cl)c1. The lowest BCUT2D eigenvalue weighted by atomic mass is 10.0. The molecule has 2 aromatic carbocycles. The highest BCUT2D eigenvalue weighted by molar-refractivity contribution is 6.30. The van der Waals surface area contributed by atoms with Crippen LogP contribution in [0.4, 0.5) is 0 Å². The van der Waals surface area contributed by atoms with Gasteiger partial charge in [0.1, 0.15) is 0 Å². The fourth-order valence-corrected chi connectivity index (χ4v) is 2.20. The number of ether oxygens (including phenoxy) is 2. The molecule has 1 heterocycles. The van der Waals surface area contributed by atoms with Crippen LogP contribution in [0.15, 0.2) is 42.5 Å². The molecule has 3 rings (SSSR count). The van der Waals surface area contributed by atoms with E-state index in [1.807, 2.05) is 30.3 Å². The van der Waals surface area contributed by atoms with E-state index in [2.05, 4.69) is 6.07 Å². The number of nitriles is 1. The summed E-state index contributed by atoms with van der Waals surface area (Å²) in [7, 11) is 0. The molecule has 0 bridgehead atoms. The van der Waals surface area contributed by atoms with Crippen molar-refractivity contribution in [2.24, 2.45) is 0 Å². The minimum atomic E-state index is 0.238. The predicted octanol–water partition coefficient (Wildman–Crippen LogP) is 4.13. The molecule has 0 amide bonds. The van der Waals surface area contributed by atoms with Crippen LogP contribution in [0.2, 0.25) is 5.02 Å². The molecule has 0 saturated heterocycles. The zero-order chi connectivity index (χ0) is 13.9. The van der Waals surface area contributed by atoms with E-state index in [0.29, 0.717) is 16.3 Å². The molecule has 0 unspecified atom stereocenters. The molecule has 0 aromatic heterocycles. The normalized spacial score (nSPS) is 13.1. The fourth-order valence-electron chi connectivity index (χ4n) is 2.01. The maximum Gasteiger partial charge on any atom is 0.231 e. The largest absolute Gasteiger partial charge is 0.454 e. The standard InChI is InChI=1S/C16H10ClNO2/c17-14-3-1-2-12(8-14)13(9-18)6-11-4-5-15-16(7-11)20-10-19-15/h1-8H,10H2/b13-6+. The minimum Gasteiger partial charge on any atom is -0.454 e. The zero-order valence-corrected chi connectivity index (χ0v) is 11.2. The molecule has 0 N–H and O–H groups in total. The van der Waals surface area contributed by atoms with E-state index in [-0.39, 0.29) is 6.79 Å². The molecule has 4 heteroatoms. The van der Waals surface area contributed by atoms with Gasteiger partial charge in [-0.2, -0.15) is 5.26 Å². The van der Waals surface area contributed by atoms with E-state index in [9.17, 15) is 5.26 Å². The Kier molecular flexibility index (Phi) is 3.32. The molecular formula is C16H10ClNO2. The summed E-state index contributed by atoms with van der Waals surface area (Å²) in [5.41, 5.74) is 2.22. The number of halogens is 1. The van der Waals surface area contributed by atoms with Crippen LogP contribution in [-0.2, 0) is 0 Å². The van der Waals surface area contributed by atoms with Crippen molar-refractivity contribution in [3.05, 3.63) is 58.6 Å². The predicted molar refractivity (Wildman–Crippen MR) is 77.5 cm³/mol. The monoisotopic (exact) mass is 283 g/mol. The summed E-state index contributed by atoms with van der Waals surface area (Å²) in [6.45, 7) is 0.238. The van der Waals surface area contributed by atoms with Gasteiger partial charge in [0.25, 0.3) is 0 Å². The van der Waals surface area contributed by atoms with Crippen molar-refractivity contribution in [1.82, 2.24) is 0 Å². The summed E-state index contributed by atoms with van der Waals surface area (Å²) < 4.78 is 10.6. The Hall–Kier alpha value is -2.44. The van der Waals surface area contributed by atoms with Crippen LogP contribution in [0.1, 0.15) is 11.1 Å². The molecule has 0 aliphatic carbocycles. The van der Waals surface area contributed by atoms with Gasteiger partial charge in [-0.05, 0) is 41.5 Å². The third-order valence-corrected chi connectivity index (χ3v) is 3.20. The number of hydrogen-bond acceptors (Lipinski definition) is 3. The second-order valence-electron chi connectivity index (χ2n) is 4.29. The Morgan fingerprint density at radius 3 is 2.80 bits per heavy atom. The molecule has 1 aliphatic heterocycles. The first-order valence-electron chi connectivity index (χ1n) is 6.03. The van der Waals surface area contributed by atoms with Gasteiger partial charge >= 0.3 is 0 Å². The maximum atomic E-state index is 9.31. The lowest BCUT2D eigenvalue weighted by Crippen LogP contribution is -1.92. The van der Waals surface area contributed by atoms with E-state index in [1.165, 1.54) is 0 Å². The lowest BCUT2D eigenvalue weighted by molar-refractivity contribution is 0.174. The number of allylic oxidation sites excluding steroid dienone is 1. The highest BCUT2D eigenvalue weighted by Gasteiger charge is 2.13. The van der Waals surface area contributed by atoms with Crippen molar-refractivity contribution in [3.63, 3.8) is 0 Å². The van der Waals surface area contributed by atoms with Crippen molar-refractivity contribution in [1.29, 1.82) is 5.26 Å². The average molecular weight is 284 g/mol. The van der Waals surface area contributed by atoms with Gasteiger partial charge in [-0.25, -0.2) is 0 Å². The van der Waals surface area contributed by atoms with E-state index >= 15 is 0 Å². The quantitative estimate of drug-likeness (QED) is 0.615. The summed E-state index contributed by atoms with van der Waals surface area (Å²) in [6.07, 6.45) is 1.80. The molecule has 20 heavy (non-hydrogen) atoms. The van der Waals surface area contributed by atoms with Crippen LogP contribution >= 0.6 is 11.6 Å². The Labute approximate surface area is 121 Å². The first kappa shape index (κ1) is 12.6. The van der Waals surface area contributed by atoms with Crippen LogP contribution < -0.4 is 9.47 Å². The van der Waals surface area contributed by atoms with Gasteiger partial charge < -0.3 is 9.47 Å². The van der Waals surface area contributed by atoms with Crippen molar-refractivity contribution in [3.8, 4) is 17.6 Å². The van der Waals surface area contributed by atoms with Gasteiger partial charge in [-0.15, -0.1) is 0 Å². The Morgan fingerprint density at radius 1 is 1.15 bits per heavy atom. The second kappa shape index (κ2) is 5.28. The molecule has 0 saturated carbocycles. The van der Waals surface area contributed by atoms with Gasteiger partial charge in [0.15, 0.2) is 11.5 Å². The third kappa shape index (κ3) is 2.47. The molecule has 0 spiro atoms. The average Bonchev–Trinajstić information content (AvgIpc) is 2.92. The van der Waals surface area contributed by atoms with Gasteiger partial charge in [-0.3, -0.25) is 0 Å². The maximum absolute atomic E-state index is 9.31. The third-order valence-electron chi connectivity index (χ3n) is 2.96. The molecule has 0 radical (unpaired) electrons. The van der Waals surface area contributed by atoms with Crippen molar-refractivity contribution in [2.75, 3.05) is 6.79 Å². The molecule has 98 valence electrons. The summed E-state index contributed by atoms with van der Waals surface area (Å²) >= 11 is 5.95. The summed E-state index contributed by atoms with van der Waals surface area (Å²) in [5.74, 6) is 1.42. The summed E-state index contributed by atoms with van der Waals surface area (Å²) in [4.78, 5) is 0. The number of fused-ring (bicyclic) bond motifs is 1. The smallest absolute Gasteiger partial charge is 0.231 e.